The minimum absolute atomic E-state index is 0.603. The van der Waals surface area contributed by atoms with E-state index in [2.05, 4.69) is 168 Å². The van der Waals surface area contributed by atoms with E-state index in [9.17, 15) is 0 Å². The number of hydrogen-bond acceptors (Lipinski definition) is 4. The topological polar surface area (TPSA) is 43.9 Å². The van der Waals surface area contributed by atoms with Crippen molar-refractivity contribution in [3.63, 3.8) is 0 Å². The van der Waals surface area contributed by atoms with Crippen LogP contribution in [-0.2, 0) is 0 Å². The van der Waals surface area contributed by atoms with Crippen molar-refractivity contribution in [1.29, 1.82) is 0 Å². The van der Waals surface area contributed by atoms with Gasteiger partial charge in [-0.2, -0.15) is 0 Å². The maximum Gasteiger partial charge on any atom is 0.235 e. The third kappa shape index (κ3) is 4.51. The van der Waals surface area contributed by atoms with Crippen molar-refractivity contribution in [2.75, 3.05) is 0 Å². The Kier molecular flexibility index (Phi) is 6.47. The summed E-state index contributed by atoms with van der Waals surface area (Å²) in [5.41, 5.74) is 11.2. The van der Waals surface area contributed by atoms with Crippen LogP contribution in [0.15, 0.2) is 180 Å². The van der Waals surface area contributed by atoms with Crippen molar-refractivity contribution in [2.24, 2.45) is 0 Å². The molecule has 0 spiro atoms. The quantitative estimate of drug-likeness (QED) is 0.182. The summed E-state index contributed by atoms with van der Waals surface area (Å²) < 4.78 is 11.7. The molecule has 4 nitrogen and oxygen atoms in total. The Bertz CT molecular complexity index is 3480. The monoisotopic (exact) mass is 719 g/mol. The first-order valence-corrected chi connectivity index (χ1v) is 19.3. The molecule has 4 heterocycles. The van der Waals surface area contributed by atoms with Crippen molar-refractivity contribution in [3.05, 3.63) is 176 Å². The summed E-state index contributed by atoms with van der Waals surface area (Å²) >= 11 is 1.86. The first-order valence-electron chi connectivity index (χ1n) is 18.5. The number of rotatable bonds is 4. The summed E-state index contributed by atoms with van der Waals surface area (Å²) in [6.45, 7) is 0. The Labute approximate surface area is 319 Å². The number of fused-ring (bicyclic) bond motifs is 11. The van der Waals surface area contributed by atoms with Crippen LogP contribution in [-0.4, -0.2) is 14.5 Å². The Morgan fingerprint density at radius 2 is 1.15 bits per heavy atom. The average molecular weight is 720 g/mol. The van der Waals surface area contributed by atoms with Gasteiger partial charge in [-0.15, -0.1) is 11.3 Å². The van der Waals surface area contributed by atoms with Gasteiger partial charge < -0.3 is 4.42 Å². The zero-order chi connectivity index (χ0) is 36.0. The molecule has 0 atom stereocenters. The molecule has 0 aliphatic heterocycles. The van der Waals surface area contributed by atoms with E-state index < -0.39 is 0 Å². The highest BCUT2D eigenvalue weighted by Crippen LogP contribution is 2.48. The standard InChI is InChI=1S/C50H29N3OS/c1-2-13-30(14-3-1)31-25-27-32(28-26-31)46-37-17-4-8-21-41(37)51-50(52-46)53-42-22-9-5-18-38(42)45-39(29-40-33-15-6-10-23-43(33)54-48(40)47(45)53)36-20-12-19-35-34-16-7-11-24-44(34)55-49(35)36/h1-29H. The van der Waals surface area contributed by atoms with E-state index in [0.29, 0.717) is 5.95 Å². The molecule has 0 saturated carbocycles. The molecule has 256 valence electrons. The van der Waals surface area contributed by atoms with Gasteiger partial charge in [-0.05, 0) is 47.0 Å². The summed E-state index contributed by atoms with van der Waals surface area (Å²) in [7, 11) is 0. The minimum Gasteiger partial charge on any atom is -0.454 e. The van der Waals surface area contributed by atoms with Crippen LogP contribution in [0.2, 0.25) is 0 Å². The van der Waals surface area contributed by atoms with E-state index in [1.807, 2.05) is 23.5 Å². The lowest BCUT2D eigenvalue weighted by Gasteiger charge is -2.13. The molecule has 0 bridgehead atoms. The molecule has 0 aliphatic rings. The van der Waals surface area contributed by atoms with Crippen LogP contribution >= 0.6 is 11.3 Å². The summed E-state index contributed by atoms with van der Waals surface area (Å²) in [6.07, 6.45) is 0. The van der Waals surface area contributed by atoms with E-state index in [1.165, 1.54) is 42.4 Å². The van der Waals surface area contributed by atoms with E-state index in [4.69, 9.17) is 14.4 Å². The van der Waals surface area contributed by atoms with Crippen molar-refractivity contribution in [2.45, 2.75) is 0 Å². The zero-order valence-electron chi connectivity index (χ0n) is 29.4. The molecule has 0 unspecified atom stereocenters. The van der Waals surface area contributed by atoms with Gasteiger partial charge in [0, 0.05) is 58.2 Å². The number of hydrogen-bond donors (Lipinski definition) is 0. The van der Waals surface area contributed by atoms with Gasteiger partial charge >= 0.3 is 0 Å². The lowest BCUT2D eigenvalue weighted by molar-refractivity contribution is 0.671. The second-order valence-electron chi connectivity index (χ2n) is 14.1. The maximum absolute atomic E-state index is 6.87. The molecule has 0 amide bonds. The molecule has 0 N–H and O–H groups in total. The highest BCUT2D eigenvalue weighted by Gasteiger charge is 2.25. The molecule has 0 fully saturated rings. The van der Waals surface area contributed by atoms with Gasteiger partial charge in [-0.3, -0.25) is 4.57 Å². The van der Waals surface area contributed by atoms with Gasteiger partial charge in [0.05, 0.1) is 16.7 Å². The van der Waals surface area contributed by atoms with Crippen LogP contribution < -0.4 is 0 Å². The molecule has 4 aromatic heterocycles. The molecule has 0 radical (unpaired) electrons. The fraction of sp³-hybridized carbons (Fsp3) is 0. The molecule has 0 aliphatic carbocycles. The summed E-state index contributed by atoms with van der Waals surface area (Å²) in [6, 6.07) is 62.3. The van der Waals surface area contributed by atoms with Gasteiger partial charge in [0.1, 0.15) is 11.1 Å². The largest absolute Gasteiger partial charge is 0.454 e. The lowest BCUT2D eigenvalue weighted by Crippen LogP contribution is -2.03. The second kappa shape index (κ2) is 11.7. The predicted octanol–water partition coefficient (Wildman–Crippen LogP) is 14.0. The SMILES string of the molecule is c1ccc(-c2ccc(-c3nc(-n4c5ccccc5c5c(-c6cccc7c6sc6ccccc67)cc6c7ccccc7oc6c54)nc4ccccc34)cc2)cc1. The molecular formula is C50H29N3OS. The Morgan fingerprint density at radius 1 is 0.473 bits per heavy atom. The van der Waals surface area contributed by atoms with E-state index in [0.717, 1.165) is 65.9 Å². The van der Waals surface area contributed by atoms with E-state index >= 15 is 0 Å². The molecular weight excluding hydrogens is 691 g/mol. The van der Waals surface area contributed by atoms with Crippen LogP contribution in [0.1, 0.15) is 0 Å². The Morgan fingerprint density at radius 3 is 2.02 bits per heavy atom. The molecule has 12 aromatic rings. The number of para-hydroxylation sites is 3. The van der Waals surface area contributed by atoms with Crippen molar-refractivity contribution in [1.82, 2.24) is 14.5 Å². The van der Waals surface area contributed by atoms with Crippen LogP contribution in [0.4, 0.5) is 0 Å². The fourth-order valence-electron chi connectivity index (χ4n) is 8.54. The van der Waals surface area contributed by atoms with E-state index in [1.54, 1.807) is 0 Å². The van der Waals surface area contributed by atoms with Crippen LogP contribution in [0.3, 0.4) is 0 Å². The predicted molar refractivity (Wildman–Crippen MR) is 230 cm³/mol. The van der Waals surface area contributed by atoms with Crippen molar-refractivity contribution in [3.8, 4) is 39.5 Å². The Hall–Kier alpha value is -7.08. The average Bonchev–Trinajstić information content (AvgIpc) is 3.93. The highest BCUT2D eigenvalue weighted by molar-refractivity contribution is 7.26. The van der Waals surface area contributed by atoms with Gasteiger partial charge in [0.15, 0.2) is 5.58 Å². The van der Waals surface area contributed by atoms with Crippen LogP contribution in [0.25, 0.3) is 114 Å². The summed E-state index contributed by atoms with van der Waals surface area (Å²) in [4.78, 5) is 10.8. The number of benzene rings is 8. The number of aromatic nitrogens is 3. The lowest BCUT2D eigenvalue weighted by atomic mass is 9.95. The van der Waals surface area contributed by atoms with Crippen LogP contribution in [0.5, 0.6) is 0 Å². The third-order valence-electron chi connectivity index (χ3n) is 11.0. The molecule has 8 aromatic carbocycles. The van der Waals surface area contributed by atoms with Gasteiger partial charge in [-0.1, -0.05) is 146 Å². The fourth-order valence-corrected chi connectivity index (χ4v) is 9.77. The van der Waals surface area contributed by atoms with Crippen molar-refractivity contribution < 1.29 is 4.42 Å². The van der Waals surface area contributed by atoms with Gasteiger partial charge in [0.2, 0.25) is 5.95 Å². The maximum atomic E-state index is 6.87. The Balaban J connectivity index is 1.20. The highest BCUT2D eigenvalue weighted by atomic mass is 32.1. The van der Waals surface area contributed by atoms with Gasteiger partial charge in [0.25, 0.3) is 0 Å². The van der Waals surface area contributed by atoms with E-state index in [-0.39, 0.29) is 0 Å². The first kappa shape index (κ1) is 30.4. The molecule has 0 saturated heterocycles. The third-order valence-corrected chi connectivity index (χ3v) is 12.3. The minimum atomic E-state index is 0.603. The molecule has 55 heavy (non-hydrogen) atoms. The second-order valence-corrected chi connectivity index (χ2v) is 15.1. The van der Waals surface area contributed by atoms with Crippen molar-refractivity contribution >= 4 is 86.2 Å². The normalized spacial score (nSPS) is 12.0. The van der Waals surface area contributed by atoms with Gasteiger partial charge in [-0.25, -0.2) is 9.97 Å². The molecule has 5 heteroatoms. The molecule has 12 rings (SSSR count). The first-order chi connectivity index (χ1) is 27.3. The smallest absolute Gasteiger partial charge is 0.235 e. The number of furan rings is 1. The zero-order valence-corrected chi connectivity index (χ0v) is 30.2. The summed E-state index contributed by atoms with van der Waals surface area (Å²) in [5.74, 6) is 0.603. The number of thiophene rings is 1. The number of nitrogens with zero attached hydrogens (tertiary/aromatic N) is 3. The van der Waals surface area contributed by atoms with Crippen LogP contribution in [0, 0.1) is 0 Å². The summed E-state index contributed by atoms with van der Waals surface area (Å²) in [5, 5.41) is 7.96.